The number of carboxylic acid groups (broad SMARTS) is 1. The van der Waals surface area contributed by atoms with Crippen LogP contribution in [0.2, 0.25) is 0 Å². The Bertz CT molecular complexity index is 50.2. The summed E-state index contributed by atoms with van der Waals surface area (Å²) in [6.45, 7) is 0. The van der Waals surface area contributed by atoms with Gasteiger partial charge in [0.15, 0.2) is 0 Å². The third kappa shape index (κ3) is 18.2. The van der Waals surface area contributed by atoms with Crippen LogP contribution in [0.4, 0.5) is 4.79 Å². The normalized spacial score (nSPS) is 4.57. The Morgan fingerprint density at radius 1 is 1.71 bits per heavy atom. The summed E-state index contributed by atoms with van der Waals surface area (Å²) in [6.07, 6.45) is -1.47. The Morgan fingerprint density at radius 2 is 1.86 bits per heavy atom. The molecule has 0 aromatic carbocycles. The molecule has 7 heavy (non-hydrogen) atoms. The Kier molecular flexibility index (Phi) is 24.3. The van der Waals surface area contributed by atoms with Gasteiger partial charge in [0.05, 0.1) is 0 Å². The summed E-state index contributed by atoms with van der Waals surface area (Å²) < 4.78 is 3.17. The van der Waals surface area contributed by atoms with E-state index in [1.165, 1.54) is 0 Å². The summed E-state index contributed by atoms with van der Waals surface area (Å²) >= 11 is 0. The topological polar surface area (TPSA) is 46.5 Å². The monoisotopic (exact) mass is 319 g/mol. The molecule has 0 rings (SSSR count). The molecular formula is CHBGdO3Y. The van der Waals surface area contributed by atoms with E-state index >= 15 is 0 Å². The molecular weight excluding hydrogens is 317 g/mol. The molecule has 3 nitrogen and oxygen atoms in total. The predicted molar refractivity (Wildman–Crippen MR) is 14.9 cm³/mol. The maximum Gasteiger partial charge on any atom is 0.486 e. The van der Waals surface area contributed by atoms with Crippen molar-refractivity contribution < 1.29 is 87.2 Å². The van der Waals surface area contributed by atoms with Crippen molar-refractivity contribution >= 4 is 14.2 Å². The van der Waals surface area contributed by atoms with E-state index in [0.29, 0.717) is 0 Å². The van der Waals surface area contributed by atoms with Crippen molar-refractivity contribution in [3.63, 3.8) is 0 Å². The Balaban J connectivity index is -0.0000000800. The van der Waals surface area contributed by atoms with Crippen molar-refractivity contribution in [2.45, 2.75) is 0 Å². The molecule has 0 fully saturated rings. The van der Waals surface area contributed by atoms with Crippen molar-refractivity contribution in [3.8, 4) is 0 Å². The van der Waals surface area contributed by atoms with Crippen LogP contribution < -0.4 is 0 Å². The van der Waals surface area contributed by atoms with Crippen molar-refractivity contribution in [3.05, 3.63) is 0 Å². The van der Waals surface area contributed by atoms with Crippen LogP contribution in [-0.2, 0) is 37.4 Å². The van der Waals surface area contributed by atoms with E-state index in [4.69, 9.17) is 9.90 Å². The number of rotatable bonds is 0. The number of carbonyl (C=O) groups is 1. The SMILES string of the molecule is [B]OC(=O)O.[Gd].[Y]. The maximum absolute atomic E-state index is 9.02. The minimum atomic E-state index is -1.47. The Morgan fingerprint density at radius 3 is 1.86 bits per heavy atom. The molecule has 0 aromatic rings. The van der Waals surface area contributed by atoms with Gasteiger partial charge in [-0.25, -0.2) is 4.79 Å². The third-order valence-corrected chi connectivity index (χ3v) is 0.101. The summed E-state index contributed by atoms with van der Waals surface area (Å²) in [5.41, 5.74) is 0. The van der Waals surface area contributed by atoms with E-state index in [1.54, 1.807) is 0 Å². The minimum Gasteiger partial charge on any atom is -0.513 e. The fraction of sp³-hybridized carbons (Fsp3) is 0. The molecule has 0 spiro atoms. The molecule has 0 amide bonds. The first-order valence-electron chi connectivity index (χ1n) is 0.868. The van der Waals surface area contributed by atoms with E-state index in [0.717, 1.165) is 0 Å². The summed E-state index contributed by atoms with van der Waals surface area (Å²) in [5.74, 6) is 0. The van der Waals surface area contributed by atoms with E-state index in [1.807, 2.05) is 0 Å². The molecule has 0 unspecified atom stereocenters. The third-order valence-electron chi connectivity index (χ3n) is 0.101. The summed E-state index contributed by atoms with van der Waals surface area (Å²) in [4.78, 5) is 9.02. The van der Waals surface area contributed by atoms with Crippen molar-refractivity contribution in [1.82, 2.24) is 0 Å². The molecule has 1 N–H and O–H groups in total. The zero-order valence-corrected chi connectivity index (χ0v) is 8.38. The standard InChI is InChI=1S/CHBO3.Gd.Y/c2-5-1(3)4;;/h(H,3,4);;. The fourth-order valence-electron chi connectivity index (χ4n) is 0. The predicted octanol–water partition coefficient (Wildman–Crippen LogP) is -0.238. The van der Waals surface area contributed by atoms with Crippen molar-refractivity contribution in [1.29, 1.82) is 0 Å². The summed E-state index contributed by atoms with van der Waals surface area (Å²) in [5, 5.41) is 7.38. The average Bonchev–Trinajstić information content (AvgIpc) is 1.38. The van der Waals surface area contributed by atoms with Crippen LogP contribution in [0, 0.1) is 39.9 Å². The molecule has 0 saturated carbocycles. The zero-order chi connectivity index (χ0) is 4.28. The Labute approximate surface area is 99.6 Å². The second kappa shape index (κ2) is 10.7. The van der Waals surface area contributed by atoms with E-state index in [-0.39, 0.29) is 72.6 Å². The van der Waals surface area contributed by atoms with Crippen LogP contribution >= 0.6 is 0 Å². The van der Waals surface area contributed by atoms with Crippen LogP contribution in [0.5, 0.6) is 0 Å². The van der Waals surface area contributed by atoms with Crippen LogP contribution in [0.15, 0.2) is 0 Å². The van der Waals surface area contributed by atoms with Gasteiger partial charge >= 0.3 is 14.2 Å². The largest absolute Gasteiger partial charge is 0.513 e. The van der Waals surface area contributed by atoms with E-state index in [9.17, 15) is 0 Å². The first-order valence-corrected chi connectivity index (χ1v) is 0.868. The molecule has 0 saturated heterocycles. The van der Waals surface area contributed by atoms with Gasteiger partial charge in [-0.2, -0.15) is 0 Å². The Hall–Kier alpha value is 1.76. The number of hydrogen-bond acceptors (Lipinski definition) is 2. The summed E-state index contributed by atoms with van der Waals surface area (Å²) in [7, 11) is 4.07. The zero-order valence-electron chi connectivity index (χ0n) is 3.27. The molecule has 0 aliphatic carbocycles. The van der Waals surface area contributed by atoms with Gasteiger partial charge in [-0.05, 0) is 0 Å². The molecule has 3 radical (unpaired) electrons. The van der Waals surface area contributed by atoms with Gasteiger partial charge in [-0.15, -0.1) is 0 Å². The second-order valence-corrected chi connectivity index (χ2v) is 0.384. The van der Waals surface area contributed by atoms with E-state index < -0.39 is 6.16 Å². The van der Waals surface area contributed by atoms with Gasteiger partial charge in [0.25, 0.3) is 0 Å². The van der Waals surface area contributed by atoms with Crippen LogP contribution in [0.1, 0.15) is 0 Å². The first kappa shape index (κ1) is 15.9. The fourth-order valence-corrected chi connectivity index (χ4v) is 0. The minimum absolute atomic E-state index is 0. The smallest absolute Gasteiger partial charge is 0.486 e. The van der Waals surface area contributed by atoms with Gasteiger partial charge in [0.1, 0.15) is 0 Å². The van der Waals surface area contributed by atoms with Crippen molar-refractivity contribution in [2.24, 2.45) is 0 Å². The molecule has 0 atom stereocenters. The molecule has 0 aliphatic rings. The molecule has 0 aromatic heterocycles. The molecule has 6 heteroatoms. The van der Waals surface area contributed by atoms with Crippen LogP contribution in [0.25, 0.3) is 0 Å². The second-order valence-electron chi connectivity index (χ2n) is 0.384. The average molecular weight is 318 g/mol. The van der Waals surface area contributed by atoms with Gasteiger partial charge in [0, 0.05) is 72.6 Å². The number of hydrogen-bond donors (Lipinski definition) is 1. The maximum atomic E-state index is 9.02. The van der Waals surface area contributed by atoms with Crippen LogP contribution in [-0.4, -0.2) is 19.3 Å². The molecule has 37 valence electrons. The van der Waals surface area contributed by atoms with Crippen molar-refractivity contribution in [2.75, 3.05) is 0 Å². The van der Waals surface area contributed by atoms with Gasteiger partial charge in [-0.1, -0.05) is 0 Å². The quantitative estimate of drug-likeness (QED) is 0.627. The van der Waals surface area contributed by atoms with Gasteiger partial charge in [-0.3, -0.25) is 0 Å². The molecule has 0 heterocycles. The molecule has 0 bridgehead atoms. The summed E-state index contributed by atoms with van der Waals surface area (Å²) in [6, 6.07) is 0. The van der Waals surface area contributed by atoms with Gasteiger partial charge < -0.3 is 9.76 Å². The van der Waals surface area contributed by atoms with E-state index in [2.05, 4.69) is 12.7 Å². The van der Waals surface area contributed by atoms with Gasteiger partial charge in [0.2, 0.25) is 0 Å². The van der Waals surface area contributed by atoms with Crippen LogP contribution in [0.3, 0.4) is 0 Å². The molecule has 0 aliphatic heterocycles. The first-order chi connectivity index (χ1) is 2.27.